The van der Waals surface area contributed by atoms with Crippen LogP contribution in [0.5, 0.6) is 11.5 Å². The summed E-state index contributed by atoms with van der Waals surface area (Å²) in [6.45, 7) is 1.54. The molecule has 0 unspecified atom stereocenters. The van der Waals surface area contributed by atoms with Gasteiger partial charge in [0.05, 0.1) is 10.8 Å². The highest BCUT2D eigenvalue weighted by molar-refractivity contribution is 7.91. The van der Waals surface area contributed by atoms with Gasteiger partial charge in [-0.15, -0.1) is 0 Å². The quantitative estimate of drug-likeness (QED) is 0.585. The lowest BCUT2D eigenvalue weighted by atomic mass is 10.3. The minimum atomic E-state index is -4.09. The van der Waals surface area contributed by atoms with Crippen LogP contribution in [0, 0.1) is 0 Å². The van der Waals surface area contributed by atoms with Crippen molar-refractivity contribution in [3.63, 3.8) is 0 Å². The van der Waals surface area contributed by atoms with Gasteiger partial charge >= 0.3 is 10.1 Å². The van der Waals surface area contributed by atoms with Gasteiger partial charge < -0.3 is 8.92 Å². The minimum Gasteiger partial charge on any atom is -0.493 e. The van der Waals surface area contributed by atoms with Crippen molar-refractivity contribution < 1.29 is 25.8 Å². The number of benzene rings is 2. The summed E-state index contributed by atoms with van der Waals surface area (Å²) in [5, 5.41) is 0.421. The Morgan fingerprint density at radius 1 is 0.962 bits per heavy atom. The second-order valence-electron chi connectivity index (χ2n) is 5.17. The Hall–Kier alpha value is -1.48. The SMILES string of the molecule is CCS(=O)(=O)CCOc1ccc(S(=O)(=O)Oc2ccc(Cl)cc2Cl)cc1. The molecule has 0 spiro atoms. The molecule has 26 heavy (non-hydrogen) atoms. The fraction of sp³-hybridized carbons (Fsp3) is 0.250. The smallest absolute Gasteiger partial charge is 0.339 e. The Morgan fingerprint density at radius 3 is 2.19 bits per heavy atom. The van der Waals surface area contributed by atoms with Gasteiger partial charge in [0.15, 0.2) is 15.6 Å². The van der Waals surface area contributed by atoms with Crippen LogP contribution in [0.25, 0.3) is 0 Å². The maximum absolute atomic E-state index is 12.3. The van der Waals surface area contributed by atoms with Gasteiger partial charge in [-0.3, -0.25) is 0 Å². The third kappa shape index (κ3) is 5.77. The van der Waals surface area contributed by atoms with E-state index in [0.29, 0.717) is 10.8 Å². The summed E-state index contributed by atoms with van der Waals surface area (Å²) in [6, 6.07) is 9.60. The third-order valence-electron chi connectivity index (χ3n) is 3.31. The highest BCUT2D eigenvalue weighted by atomic mass is 35.5. The Balaban J connectivity index is 2.06. The van der Waals surface area contributed by atoms with Gasteiger partial charge in [0.25, 0.3) is 0 Å². The molecule has 0 aromatic heterocycles. The van der Waals surface area contributed by atoms with E-state index in [1.165, 1.54) is 42.5 Å². The monoisotopic (exact) mass is 438 g/mol. The molecule has 6 nitrogen and oxygen atoms in total. The highest BCUT2D eigenvalue weighted by Gasteiger charge is 2.18. The predicted octanol–water partition coefficient (Wildman–Crippen LogP) is 3.57. The zero-order valence-corrected chi connectivity index (χ0v) is 16.8. The molecule has 0 saturated heterocycles. The van der Waals surface area contributed by atoms with Gasteiger partial charge in [-0.05, 0) is 42.5 Å². The van der Waals surface area contributed by atoms with Crippen LogP contribution in [-0.4, -0.2) is 34.9 Å². The lowest BCUT2D eigenvalue weighted by Gasteiger charge is -2.10. The van der Waals surface area contributed by atoms with Gasteiger partial charge in [0.1, 0.15) is 17.3 Å². The van der Waals surface area contributed by atoms with Crippen molar-refractivity contribution in [3.8, 4) is 11.5 Å². The third-order valence-corrected chi connectivity index (χ3v) is 6.76. The fourth-order valence-electron chi connectivity index (χ4n) is 1.84. The van der Waals surface area contributed by atoms with Crippen LogP contribution in [0.15, 0.2) is 47.4 Å². The molecular formula is C16H16Cl2O6S2. The normalized spacial score (nSPS) is 12.0. The molecule has 2 rings (SSSR count). The zero-order chi connectivity index (χ0) is 19.4. The van der Waals surface area contributed by atoms with Crippen molar-refractivity contribution in [2.24, 2.45) is 0 Å². The topological polar surface area (TPSA) is 86.7 Å². The maximum atomic E-state index is 12.3. The molecule has 0 amide bonds. The molecule has 0 aliphatic heterocycles. The average Bonchev–Trinajstić information content (AvgIpc) is 2.58. The lowest BCUT2D eigenvalue weighted by molar-refractivity contribution is 0.340. The van der Waals surface area contributed by atoms with E-state index >= 15 is 0 Å². The molecule has 0 atom stereocenters. The first kappa shape index (κ1) is 20.8. The fourth-order valence-corrected chi connectivity index (χ4v) is 3.91. The lowest BCUT2D eigenvalue weighted by Crippen LogP contribution is -2.15. The number of ether oxygens (including phenoxy) is 1. The summed E-state index contributed by atoms with van der Waals surface area (Å²) in [7, 11) is -7.22. The molecule has 2 aromatic carbocycles. The molecule has 2 aromatic rings. The minimum absolute atomic E-state index is 0.0147. The van der Waals surface area contributed by atoms with Crippen LogP contribution in [0.4, 0.5) is 0 Å². The van der Waals surface area contributed by atoms with E-state index < -0.39 is 20.0 Å². The van der Waals surface area contributed by atoms with Crippen LogP contribution in [0.1, 0.15) is 6.92 Å². The van der Waals surface area contributed by atoms with Gasteiger partial charge in [-0.25, -0.2) is 8.42 Å². The maximum Gasteiger partial charge on any atom is 0.339 e. The van der Waals surface area contributed by atoms with Crippen LogP contribution in [-0.2, 0) is 20.0 Å². The molecular weight excluding hydrogens is 423 g/mol. The standard InChI is InChI=1S/C16H16Cl2O6S2/c1-2-25(19,20)10-9-23-13-4-6-14(7-5-13)26(21,22)24-16-8-3-12(17)11-15(16)18/h3-8,11H,2,9-10H2,1H3. The average molecular weight is 439 g/mol. The van der Waals surface area contributed by atoms with Crippen LogP contribution < -0.4 is 8.92 Å². The first-order valence-electron chi connectivity index (χ1n) is 7.46. The highest BCUT2D eigenvalue weighted by Crippen LogP contribution is 2.30. The van der Waals surface area contributed by atoms with Crippen molar-refractivity contribution in [2.45, 2.75) is 11.8 Å². The second-order valence-corrected chi connectivity index (χ2v) is 10.0. The Labute approximate surface area is 162 Å². The molecule has 0 bridgehead atoms. The molecule has 0 heterocycles. The van der Waals surface area contributed by atoms with E-state index in [9.17, 15) is 16.8 Å². The van der Waals surface area contributed by atoms with Crippen LogP contribution in [0.2, 0.25) is 10.0 Å². The molecule has 0 fully saturated rings. The van der Waals surface area contributed by atoms with Gasteiger partial charge in [0.2, 0.25) is 0 Å². The van der Waals surface area contributed by atoms with Crippen LogP contribution in [0.3, 0.4) is 0 Å². The molecule has 0 aliphatic carbocycles. The van der Waals surface area contributed by atoms with Crippen molar-refractivity contribution >= 4 is 43.2 Å². The number of hydrogen-bond acceptors (Lipinski definition) is 6. The van der Waals surface area contributed by atoms with E-state index in [0.717, 1.165) is 0 Å². The number of halogens is 2. The van der Waals surface area contributed by atoms with E-state index in [-0.39, 0.29) is 33.8 Å². The Kier molecular flexibility index (Phi) is 6.79. The summed E-state index contributed by atoms with van der Waals surface area (Å²) >= 11 is 11.7. The van der Waals surface area contributed by atoms with Crippen molar-refractivity contribution in [3.05, 3.63) is 52.5 Å². The van der Waals surface area contributed by atoms with E-state index in [1.54, 1.807) is 6.92 Å². The largest absolute Gasteiger partial charge is 0.493 e. The molecule has 142 valence electrons. The van der Waals surface area contributed by atoms with E-state index in [4.69, 9.17) is 32.1 Å². The number of sulfone groups is 1. The summed E-state index contributed by atoms with van der Waals surface area (Å²) < 4.78 is 57.7. The predicted molar refractivity (Wildman–Crippen MR) is 101 cm³/mol. The van der Waals surface area contributed by atoms with Crippen molar-refractivity contribution in [1.82, 2.24) is 0 Å². The zero-order valence-electron chi connectivity index (χ0n) is 13.7. The van der Waals surface area contributed by atoms with E-state index in [2.05, 4.69) is 0 Å². The summed E-state index contributed by atoms with van der Waals surface area (Å²) in [5.74, 6) is 0.237. The summed E-state index contributed by atoms with van der Waals surface area (Å²) in [6.07, 6.45) is 0. The van der Waals surface area contributed by atoms with Crippen molar-refractivity contribution in [2.75, 3.05) is 18.1 Å². The Morgan fingerprint density at radius 2 is 1.62 bits per heavy atom. The molecule has 0 aliphatic rings. The molecule has 0 saturated carbocycles. The molecule has 0 N–H and O–H groups in total. The van der Waals surface area contributed by atoms with E-state index in [1.807, 2.05) is 0 Å². The number of rotatable bonds is 8. The molecule has 10 heteroatoms. The van der Waals surface area contributed by atoms with Crippen LogP contribution >= 0.6 is 23.2 Å². The summed E-state index contributed by atoms with van der Waals surface area (Å²) in [5.41, 5.74) is 0. The van der Waals surface area contributed by atoms with Gasteiger partial charge in [0, 0.05) is 10.8 Å². The molecule has 0 radical (unpaired) electrons. The summed E-state index contributed by atoms with van der Waals surface area (Å²) in [4.78, 5) is -0.1000. The Bertz CT molecular complexity index is 970. The van der Waals surface area contributed by atoms with Gasteiger partial charge in [-0.1, -0.05) is 30.1 Å². The first-order chi connectivity index (χ1) is 12.1. The number of hydrogen-bond donors (Lipinski definition) is 0. The van der Waals surface area contributed by atoms with Gasteiger partial charge in [-0.2, -0.15) is 8.42 Å². The van der Waals surface area contributed by atoms with Crippen molar-refractivity contribution in [1.29, 1.82) is 0 Å². The first-order valence-corrected chi connectivity index (χ1v) is 11.4. The second kappa shape index (κ2) is 8.47.